The van der Waals surface area contributed by atoms with E-state index < -0.39 is 0 Å². The van der Waals surface area contributed by atoms with E-state index in [0.29, 0.717) is 12.8 Å². The van der Waals surface area contributed by atoms with Crippen LogP contribution in [0.5, 0.6) is 0 Å². The Morgan fingerprint density at radius 3 is 1.07 bits per heavy atom. The summed E-state index contributed by atoms with van der Waals surface area (Å²) in [5, 5.41) is 0. The van der Waals surface area contributed by atoms with Crippen LogP contribution in [0, 0.1) is 46.3 Å². The topological polar surface area (TPSA) is 43.4 Å². The van der Waals surface area contributed by atoms with Gasteiger partial charge >= 0.3 is 11.9 Å². The molecule has 0 unspecified atom stereocenters. The van der Waals surface area contributed by atoms with Gasteiger partial charge in [-0.1, -0.05) is 0 Å². The van der Waals surface area contributed by atoms with Crippen LogP contribution < -0.4 is 0 Å². The van der Waals surface area contributed by atoms with Crippen LogP contribution in [-0.4, -0.2) is 11.9 Å². The highest BCUT2D eigenvalue weighted by molar-refractivity contribution is 5.86. The first-order chi connectivity index (χ1) is 13.0. The van der Waals surface area contributed by atoms with Gasteiger partial charge in [0.15, 0.2) is 0 Å². The van der Waals surface area contributed by atoms with Crippen molar-refractivity contribution in [2.75, 3.05) is 0 Å². The maximum atomic E-state index is 12.7. The quantitative estimate of drug-likeness (QED) is 0.500. The number of carbonyl (C=O) groups excluding carboxylic acids is 2. The SMILES string of the molecule is O=C(CC12CC3CC(CC(C3)C1)C2)OC(=O)CC12CC3CC(CC(C3)C1)C2. The van der Waals surface area contributed by atoms with Gasteiger partial charge in [-0.05, 0) is 123 Å². The Hall–Kier alpha value is -0.860. The predicted molar refractivity (Wildman–Crippen MR) is 102 cm³/mol. The zero-order chi connectivity index (χ0) is 18.2. The molecule has 0 heterocycles. The van der Waals surface area contributed by atoms with Crippen LogP contribution in [0.15, 0.2) is 0 Å². The van der Waals surface area contributed by atoms with Crippen molar-refractivity contribution < 1.29 is 14.3 Å². The summed E-state index contributed by atoms with van der Waals surface area (Å²) in [6.45, 7) is 0. The highest BCUT2D eigenvalue weighted by atomic mass is 16.6. The Morgan fingerprint density at radius 1 is 0.556 bits per heavy atom. The normalized spacial score (nSPS) is 51.6. The summed E-state index contributed by atoms with van der Waals surface area (Å²) in [5.74, 6) is 4.61. The highest BCUT2D eigenvalue weighted by Crippen LogP contribution is 2.62. The van der Waals surface area contributed by atoms with E-state index in [0.717, 1.165) is 35.5 Å². The molecule has 8 rings (SSSR count). The molecule has 8 aliphatic carbocycles. The maximum absolute atomic E-state index is 12.7. The van der Waals surface area contributed by atoms with Crippen molar-refractivity contribution in [2.45, 2.75) is 89.9 Å². The third-order valence-electron chi connectivity index (χ3n) is 9.60. The minimum Gasteiger partial charge on any atom is -0.393 e. The lowest BCUT2D eigenvalue weighted by molar-refractivity contribution is -0.168. The summed E-state index contributed by atoms with van der Waals surface area (Å²) < 4.78 is 5.45. The van der Waals surface area contributed by atoms with Crippen molar-refractivity contribution in [2.24, 2.45) is 46.3 Å². The molecule has 0 saturated heterocycles. The Morgan fingerprint density at radius 2 is 0.815 bits per heavy atom. The average molecular weight is 371 g/mol. The molecule has 8 fully saturated rings. The Kier molecular flexibility index (Phi) is 3.68. The molecule has 3 nitrogen and oxygen atoms in total. The van der Waals surface area contributed by atoms with Crippen molar-refractivity contribution in [1.29, 1.82) is 0 Å². The van der Waals surface area contributed by atoms with Crippen molar-refractivity contribution in [3.63, 3.8) is 0 Å². The Balaban J connectivity index is 1.08. The van der Waals surface area contributed by atoms with E-state index in [-0.39, 0.29) is 22.8 Å². The van der Waals surface area contributed by atoms with E-state index in [1.807, 2.05) is 0 Å². The minimum absolute atomic E-state index is 0.173. The van der Waals surface area contributed by atoms with Crippen LogP contribution in [0.3, 0.4) is 0 Å². The molecule has 0 aromatic heterocycles. The first kappa shape index (κ1) is 17.0. The molecule has 0 amide bonds. The molecular weight excluding hydrogens is 336 g/mol. The summed E-state index contributed by atoms with van der Waals surface area (Å²) in [6, 6.07) is 0. The van der Waals surface area contributed by atoms with E-state index in [9.17, 15) is 9.59 Å². The van der Waals surface area contributed by atoms with Gasteiger partial charge in [-0.15, -0.1) is 0 Å². The van der Waals surface area contributed by atoms with Gasteiger partial charge in [0.05, 0.1) is 12.8 Å². The molecule has 148 valence electrons. The number of hydrogen-bond acceptors (Lipinski definition) is 3. The standard InChI is InChI=1S/C24H34O3/c25-21(13-23-7-15-1-16(8-23)3-17(2-15)9-23)27-22(26)14-24-10-18-4-19(11-24)6-20(5-18)12-24/h15-20H,1-14H2. The van der Waals surface area contributed by atoms with Crippen LogP contribution in [-0.2, 0) is 14.3 Å². The van der Waals surface area contributed by atoms with Crippen molar-refractivity contribution in [3.05, 3.63) is 0 Å². The monoisotopic (exact) mass is 370 g/mol. The largest absolute Gasteiger partial charge is 0.393 e. The Bertz CT molecular complexity index is 536. The van der Waals surface area contributed by atoms with Gasteiger partial charge in [-0.2, -0.15) is 0 Å². The fourth-order valence-corrected chi connectivity index (χ4v) is 9.82. The van der Waals surface area contributed by atoms with Gasteiger partial charge in [0.25, 0.3) is 0 Å². The molecule has 0 aromatic rings. The molecule has 0 N–H and O–H groups in total. The second-order valence-electron chi connectivity index (χ2n) is 12.0. The molecule has 8 bridgehead atoms. The predicted octanol–water partition coefficient (Wildman–Crippen LogP) is 5.27. The smallest absolute Gasteiger partial charge is 0.313 e. The average Bonchev–Trinajstić information content (AvgIpc) is 2.50. The highest BCUT2D eigenvalue weighted by Gasteiger charge is 2.53. The lowest BCUT2D eigenvalue weighted by Crippen LogP contribution is -2.48. The van der Waals surface area contributed by atoms with Crippen LogP contribution in [0.2, 0.25) is 0 Å². The molecule has 0 aliphatic heterocycles. The summed E-state index contributed by atoms with van der Waals surface area (Å²) in [4.78, 5) is 25.4. The third-order valence-corrected chi connectivity index (χ3v) is 9.60. The van der Waals surface area contributed by atoms with Crippen molar-refractivity contribution in [3.8, 4) is 0 Å². The van der Waals surface area contributed by atoms with Gasteiger partial charge in [0.1, 0.15) is 0 Å². The second kappa shape index (κ2) is 5.83. The molecule has 8 aliphatic rings. The van der Waals surface area contributed by atoms with E-state index >= 15 is 0 Å². The number of esters is 2. The number of rotatable bonds is 4. The van der Waals surface area contributed by atoms with Gasteiger partial charge in [0, 0.05) is 0 Å². The van der Waals surface area contributed by atoms with Gasteiger partial charge in [-0.3, -0.25) is 9.59 Å². The molecule has 0 atom stereocenters. The number of carbonyl (C=O) groups is 2. The molecular formula is C24H34O3. The lowest BCUT2D eigenvalue weighted by atomic mass is 9.49. The Labute approximate surface area is 163 Å². The van der Waals surface area contributed by atoms with Crippen LogP contribution in [0.1, 0.15) is 89.9 Å². The third kappa shape index (κ3) is 2.99. The summed E-state index contributed by atoms with van der Waals surface area (Å²) in [5.41, 5.74) is 0.347. The van der Waals surface area contributed by atoms with Crippen molar-refractivity contribution >= 4 is 11.9 Å². The fourth-order valence-electron chi connectivity index (χ4n) is 9.82. The minimum atomic E-state index is -0.216. The van der Waals surface area contributed by atoms with Crippen LogP contribution in [0.25, 0.3) is 0 Å². The van der Waals surface area contributed by atoms with Crippen molar-refractivity contribution in [1.82, 2.24) is 0 Å². The zero-order valence-corrected chi connectivity index (χ0v) is 16.6. The van der Waals surface area contributed by atoms with E-state index in [2.05, 4.69) is 0 Å². The molecule has 27 heavy (non-hydrogen) atoms. The second-order valence-corrected chi connectivity index (χ2v) is 12.0. The summed E-state index contributed by atoms with van der Waals surface area (Å²) in [7, 11) is 0. The first-order valence-electron chi connectivity index (χ1n) is 11.7. The van der Waals surface area contributed by atoms with E-state index in [4.69, 9.17) is 4.74 Å². The molecule has 0 spiro atoms. The van der Waals surface area contributed by atoms with Crippen LogP contribution in [0.4, 0.5) is 0 Å². The van der Waals surface area contributed by atoms with E-state index in [1.54, 1.807) is 0 Å². The van der Waals surface area contributed by atoms with Crippen LogP contribution >= 0.6 is 0 Å². The van der Waals surface area contributed by atoms with E-state index in [1.165, 1.54) is 77.0 Å². The van der Waals surface area contributed by atoms with Gasteiger partial charge in [0.2, 0.25) is 0 Å². The first-order valence-corrected chi connectivity index (χ1v) is 11.7. The summed E-state index contributed by atoms with van der Waals surface area (Å²) >= 11 is 0. The lowest BCUT2D eigenvalue weighted by Gasteiger charge is -2.56. The van der Waals surface area contributed by atoms with Gasteiger partial charge < -0.3 is 4.74 Å². The maximum Gasteiger partial charge on any atom is 0.313 e. The number of hydrogen-bond donors (Lipinski definition) is 0. The number of ether oxygens (including phenoxy) is 1. The molecule has 3 heteroatoms. The summed E-state index contributed by atoms with van der Waals surface area (Å²) in [6.07, 6.45) is 16.6. The zero-order valence-electron chi connectivity index (χ0n) is 16.6. The molecule has 0 radical (unpaired) electrons. The molecule has 8 saturated carbocycles. The van der Waals surface area contributed by atoms with Gasteiger partial charge in [-0.25, -0.2) is 0 Å². The molecule has 0 aromatic carbocycles. The fraction of sp³-hybridized carbons (Fsp3) is 0.917.